The lowest BCUT2D eigenvalue weighted by Gasteiger charge is -2.27. The zero-order valence-corrected chi connectivity index (χ0v) is 12.9. The minimum atomic E-state index is 0. The monoisotopic (exact) mass is 331 g/mol. The molecule has 1 aromatic carbocycles. The van der Waals surface area contributed by atoms with Crippen molar-refractivity contribution in [3.63, 3.8) is 0 Å². The summed E-state index contributed by atoms with van der Waals surface area (Å²) in [5.41, 5.74) is 6.89. The third-order valence-electron chi connectivity index (χ3n) is 3.57. The lowest BCUT2D eigenvalue weighted by atomic mass is 10.1. The molecule has 2 aliphatic rings. The van der Waals surface area contributed by atoms with Crippen molar-refractivity contribution >= 4 is 34.4 Å². The lowest BCUT2D eigenvalue weighted by Crippen LogP contribution is -2.43. The van der Waals surface area contributed by atoms with Gasteiger partial charge in [0.15, 0.2) is 0 Å². The highest BCUT2D eigenvalue weighted by Crippen LogP contribution is 2.39. The Balaban J connectivity index is 0.00000156. The van der Waals surface area contributed by atoms with Crippen LogP contribution in [0.2, 0.25) is 5.15 Å². The predicted molar refractivity (Wildman–Crippen MR) is 89.8 cm³/mol. The summed E-state index contributed by atoms with van der Waals surface area (Å²) in [6.07, 6.45) is 1.59. The van der Waals surface area contributed by atoms with Crippen molar-refractivity contribution in [2.45, 2.75) is 6.92 Å². The normalized spacial score (nSPS) is 15.8. The SMILES string of the molecule is CC1=Nc2ccccc2N2NN(c3ccc(Cl)nc3)C(O)=C12.O. The molecule has 2 aliphatic heterocycles. The molecule has 0 aliphatic carbocycles. The first-order valence-corrected chi connectivity index (χ1v) is 7.09. The second-order valence-electron chi connectivity index (χ2n) is 4.97. The van der Waals surface area contributed by atoms with Crippen LogP contribution in [-0.2, 0) is 0 Å². The van der Waals surface area contributed by atoms with Crippen LogP contribution in [0.4, 0.5) is 17.1 Å². The minimum absolute atomic E-state index is 0. The van der Waals surface area contributed by atoms with Gasteiger partial charge in [0.25, 0.3) is 0 Å². The first kappa shape index (κ1) is 15.3. The summed E-state index contributed by atoms with van der Waals surface area (Å²) >= 11 is 5.81. The highest BCUT2D eigenvalue weighted by atomic mass is 35.5. The standard InChI is InChI=1S/C15H12ClN5O.H2O/c1-9-14-15(22)20(10-6-7-13(16)17-8-10)19-21(14)12-5-3-2-4-11(12)18-9;/h2-8,19,22H,1H3;1H2. The molecule has 0 fully saturated rings. The van der Waals surface area contributed by atoms with E-state index in [1.165, 1.54) is 0 Å². The molecule has 1 aromatic heterocycles. The summed E-state index contributed by atoms with van der Waals surface area (Å²) in [4.78, 5) is 8.57. The van der Waals surface area contributed by atoms with Crippen molar-refractivity contribution in [1.82, 2.24) is 10.5 Å². The fourth-order valence-corrected chi connectivity index (χ4v) is 2.67. The molecule has 0 bridgehead atoms. The number of aliphatic imine (C=N–C) groups is 1. The molecule has 0 saturated heterocycles. The maximum Gasteiger partial charge on any atom is 0.236 e. The maximum atomic E-state index is 10.6. The van der Waals surface area contributed by atoms with E-state index in [9.17, 15) is 5.11 Å². The number of para-hydroxylation sites is 2. The first-order valence-electron chi connectivity index (χ1n) is 6.71. The van der Waals surface area contributed by atoms with Crippen LogP contribution in [0.15, 0.2) is 59.2 Å². The number of hydrogen-bond acceptors (Lipinski definition) is 6. The Morgan fingerprint density at radius 2 is 1.91 bits per heavy atom. The number of allylic oxidation sites excluding steroid dienone is 1. The summed E-state index contributed by atoms with van der Waals surface area (Å²) in [7, 11) is 0. The van der Waals surface area contributed by atoms with Crippen molar-refractivity contribution in [3.05, 3.63) is 59.3 Å². The van der Waals surface area contributed by atoms with E-state index >= 15 is 0 Å². The molecular formula is C15H14ClN5O2. The van der Waals surface area contributed by atoms with Gasteiger partial charge in [0.1, 0.15) is 10.9 Å². The second kappa shape index (κ2) is 5.54. The smallest absolute Gasteiger partial charge is 0.236 e. The Morgan fingerprint density at radius 3 is 2.65 bits per heavy atom. The molecule has 0 radical (unpaired) electrons. The first-order chi connectivity index (χ1) is 10.6. The molecule has 8 heteroatoms. The van der Waals surface area contributed by atoms with Crippen LogP contribution in [-0.4, -0.2) is 21.3 Å². The van der Waals surface area contributed by atoms with E-state index < -0.39 is 0 Å². The molecule has 0 unspecified atom stereocenters. The van der Waals surface area contributed by atoms with Gasteiger partial charge in [0.05, 0.1) is 29.0 Å². The zero-order valence-electron chi connectivity index (χ0n) is 12.2. The third kappa shape index (κ3) is 2.31. The number of aliphatic hydroxyl groups is 1. The Hall–Kier alpha value is -2.61. The van der Waals surface area contributed by atoms with Gasteiger partial charge in [-0.3, -0.25) is 0 Å². The second-order valence-corrected chi connectivity index (χ2v) is 5.36. The summed E-state index contributed by atoms with van der Waals surface area (Å²) in [6, 6.07) is 11.2. The Kier molecular flexibility index (Phi) is 3.69. The van der Waals surface area contributed by atoms with E-state index in [-0.39, 0.29) is 11.4 Å². The van der Waals surface area contributed by atoms with Gasteiger partial charge < -0.3 is 10.6 Å². The molecule has 0 atom stereocenters. The van der Waals surface area contributed by atoms with Gasteiger partial charge in [-0.2, -0.15) is 0 Å². The average Bonchev–Trinajstić information content (AvgIpc) is 2.87. The molecular weight excluding hydrogens is 318 g/mol. The Labute approximate surface area is 137 Å². The van der Waals surface area contributed by atoms with Gasteiger partial charge in [-0.1, -0.05) is 23.7 Å². The van der Waals surface area contributed by atoms with E-state index in [4.69, 9.17) is 11.6 Å². The fraction of sp³-hybridized carbons (Fsp3) is 0.0667. The summed E-state index contributed by atoms with van der Waals surface area (Å²) < 4.78 is 0. The highest BCUT2D eigenvalue weighted by molar-refractivity contribution is 6.29. The Bertz CT molecular complexity index is 819. The molecule has 3 heterocycles. The number of fused-ring (bicyclic) bond motifs is 3. The van der Waals surface area contributed by atoms with Gasteiger partial charge in [-0.25, -0.2) is 20.0 Å². The predicted octanol–water partition coefficient (Wildman–Crippen LogP) is 2.49. The van der Waals surface area contributed by atoms with Crippen LogP contribution in [0, 0.1) is 0 Å². The number of aromatic nitrogens is 1. The van der Waals surface area contributed by atoms with E-state index in [0.29, 0.717) is 16.5 Å². The summed E-state index contributed by atoms with van der Waals surface area (Å²) in [6.45, 7) is 1.86. The van der Waals surface area contributed by atoms with Crippen molar-refractivity contribution in [2.75, 3.05) is 10.0 Å². The fourth-order valence-electron chi connectivity index (χ4n) is 2.56. The zero-order chi connectivity index (χ0) is 15.3. The van der Waals surface area contributed by atoms with Gasteiger partial charge >= 0.3 is 0 Å². The molecule has 0 saturated carbocycles. The number of hydrazine groups is 2. The van der Waals surface area contributed by atoms with Gasteiger partial charge in [0.2, 0.25) is 5.88 Å². The molecule has 4 N–H and O–H groups in total. The maximum absolute atomic E-state index is 10.6. The van der Waals surface area contributed by atoms with Crippen molar-refractivity contribution < 1.29 is 10.6 Å². The molecule has 23 heavy (non-hydrogen) atoms. The van der Waals surface area contributed by atoms with Crippen LogP contribution >= 0.6 is 11.6 Å². The number of benzene rings is 1. The van der Waals surface area contributed by atoms with E-state index in [1.807, 2.05) is 36.2 Å². The van der Waals surface area contributed by atoms with Crippen LogP contribution in [0.3, 0.4) is 0 Å². The number of anilines is 2. The number of rotatable bonds is 1. The van der Waals surface area contributed by atoms with Gasteiger partial charge in [-0.05, 0) is 31.2 Å². The molecule has 118 valence electrons. The quantitative estimate of drug-likeness (QED) is 0.783. The number of aliphatic hydroxyl groups excluding tert-OH is 1. The molecule has 2 aromatic rings. The molecule has 0 amide bonds. The van der Waals surface area contributed by atoms with Crippen LogP contribution < -0.4 is 15.6 Å². The highest BCUT2D eigenvalue weighted by Gasteiger charge is 2.36. The number of pyridine rings is 1. The minimum Gasteiger partial charge on any atom is -0.492 e. The van der Waals surface area contributed by atoms with Crippen molar-refractivity contribution in [2.24, 2.45) is 4.99 Å². The van der Waals surface area contributed by atoms with E-state index in [2.05, 4.69) is 15.5 Å². The third-order valence-corrected chi connectivity index (χ3v) is 3.79. The summed E-state index contributed by atoms with van der Waals surface area (Å²) in [5.74, 6) is 0.0693. The number of nitrogens with one attached hydrogen (secondary N) is 1. The largest absolute Gasteiger partial charge is 0.492 e. The van der Waals surface area contributed by atoms with E-state index in [1.54, 1.807) is 23.3 Å². The molecule has 7 nitrogen and oxygen atoms in total. The number of hydrogen-bond donors (Lipinski definition) is 2. The topological polar surface area (TPSA) is 95.5 Å². The van der Waals surface area contributed by atoms with Gasteiger partial charge in [0, 0.05) is 0 Å². The number of halogens is 1. The molecule has 0 spiro atoms. The van der Waals surface area contributed by atoms with Crippen LogP contribution in [0.1, 0.15) is 6.92 Å². The van der Waals surface area contributed by atoms with E-state index in [0.717, 1.165) is 17.1 Å². The Morgan fingerprint density at radius 1 is 1.13 bits per heavy atom. The average molecular weight is 332 g/mol. The van der Waals surface area contributed by atoms with Crippen LogP contribution in [0.5, 0.6) is 0 Å². The van der Waals surface area contributed by atoms with Crippen molar-refractivity contribution in [3.8, 4) is 0 Å². The van der Waals surface area contributed by atoms with Gasteiger partial charge in [-0.15, -0.1) is 5.53 Å². The molecule has 4 rings (SSSR count). The van der Waals surface area contributed by atoms with Crippen molar-refractivity contribution in [1.29, 1.82) is 0 Å². The number of nitrogens with zero attached hydrogens (tertiary/aromatic N) is 4. The van der Waals surface area contributed by atoms with Crippen LogP contribution in [0.25, 0.3) is 0 Å². The summed E-state index contributed by atoms with van der Waals surface area (Å²) in [5, 5.41) is 14.3. The lowest BCUT2D eigenvalue weighted by molar-refractivity contribution is 0.388.